The summed E-state index contributed by atoms with van der Waals surface area (Å²) in [5, 5.41) is 0. The predicted molar refractivity (Wildman–Crippen MR) is 86.6 cm³/mol. The summed E-state index contributed by atoms with van der Waals surface area (Å²) in [4.78, 5) is 0. The van der Waals surface area contributed by atoms with Gasteiger partial charge in [-0.25, -0.2) is 0 Å². The van der Waals surface area contributed by atoms with Crippen LogP contribution in [0.3, 0.4) is 0 Å². The van der Waals surface area contributed by atoms with Crippen LogP contribution in [0.1, 0.15) is 33.4 Å². The van der Waals surface area contributed by atoms with Gasteiger partial charge >= 0.3 is 26.8 Å². The number of benzene rings is 1. The van der Waals surface area contributed by atoms with Crippen LogP contribution in [0.15, 0.2) is 24.3 Å². The zero-order valence-corrected chi connectivity index (χ0v) is 18.1. The van der Waals surface area contributed by atoms with Gasteiger partial charge in [0.15, 0.2) is 0 Å². The Morgan fingerprint density at radius 1 is 0.909 bits per heavy atom. The van der Waals surface area contributed by atoms with E-state index in [-0.39, 0.29) is 24.8 Å². The molecule has 2 radical (unpaired) electrons. The van der Waals surface area contributed by atoms with Gasteiger partial charge < -0.3 is 30.5 Å². The van der Waals surface area contributed by atoms with Crippen LogP contribution in [0.4, 0.5) is 5.69 Å². The van der Waals surface area contributed by atoms with Gasteiger partial charge in [0, 0.05) is 0 Å². The van der Waals surface area contributed by atoms with Crippen LogP contribution < -0.4 is 24.8 Å². The molecule has 0 aromatic heterocycles. The van der Waals surface area contributed by atoms with Crippen LogP contribution in [0.2, 0.25) is 0 Å². The molecule has 0 aliphatic heterocycles. The molecule has 22 heavy (non-hydrogen) atoms. The summed E-state index contributed by atoms with van der Waals surface area (Å²) >= 11 is 1.81. The van der Waals surface area contributed by atoms with Gasteiger partial charge in [0.2, 0.25) is 0 Å². The van der Waals surface area contributed by atoms with Gasteiger partial charge in [-0.1, -0.05) is 51.5 Å². The molecule has 1 N–H and O–H groups in total. The van der Waals surface area contributed by atoms with Crippen molar-refractivity contribution in [1.29, 1.82) is 0 Å². The summed E-state index contributed by atoms with van der Waals surface area (Å²) < 4.78 is 0. The fraction of sp³-hybridized carbons (Fsp3) is 0.353. The number of nitrogens with one attached hydrogen (secondary N) is 1. The quantitative estimate of drug-likeness (QED) is 0.419. The van der Waals surface area contributed by atoms with E-state index in [0.717, 1.165) is 5.56 Å². The maximum absolute atomic E-state index is 7.36. The second-order valence-electron chi connectivity index (χ2n) is 5.01. The molecule has 0 fully saturated rings. The van der Waals surface area contributed by atoms with Gasteiger partial charge in [-0.05, 0) is 19.4 Å². The standard InChI is InChI=1S/C9H13.C8H10N.2ClH.Si.Ti/c1-6-5-7(2)9(4)8(6)3;1-6-4-3-5-8(9)7(6)2;;;;/h5H,1-4H3;3-5,9H,1-2H3;2*1H;;/q2*-1;;;;+2/p-2. The molecule has 2 aromatic carbocycles. The Labute approximate surface area is 161 Å². The first-order valence-corrected chi connectivity index (χ1v) is 9.41. The van der Waals surface area contributed by atoms with E-state index < -0.39 is 0 Å². The van der Waals surface area contributed by atoms with Gasteiger partial charge in [-0.15, -0.1) is 5.69 Å². The first-order valence-electron chi connectivity index (χ1n) is 6.57. The van der Waals surface area contributed by atoms with E-state index in [1.165, 1.54) is 27.8 Å². The minimum absolute atomic E-state index is 0. The average molecular weight is 388 g/mol. The first kappa shape index (κ1) is 26.8. The molecule has 2 rings (SSSR count). The fourth-order valence-corrected chi connectivity index (χ4v) is 1.88. The third-order valence-corrected chi connectivity index (χ3v) is 3.78. The topological polar surface area (TPSA) is 23.8 Å². The Morgan fingerprint density at radius 3 is 1.64 bits per heavy atom. The number of hydrogen-bond donors (Lipinski definition) is 0. The molecule has 0 bridgehead atoms. The number of aryl methyl sites for hydroxylation is 3. The van der Waals surface area contributed by atoms with E-state index in [9.17, 15) is 0 Å². The second-order valence-corrected chi connectivity index (χ2v) is 5.01. The van der Waals surface area contributed by atoms with E-state index in [2.05, 4.69) is 41.4 Å². The third-order valence-electron chi connectivity index (χ3n) is 3.78. The van der Waals surface area contributed by atoms with E-state index >= 15 is 0 Å². The van der Waals surface area contributed by atoms with Crippen molar-refractivity contribution in [1.82, 2.24) is 0 Å². The molecular formula is C17H23Cl2NSiTi-2. The summed E-state index contributed by atoms with van der Waals surface area (Å²) in [6.45, 7) is 12.7. The molecule has 2 aromatic rings. The third kappa shape index (κ3) is 7.94. The van der Waals surface area contributed by atoms with Gasteiger partial charge in [0.25, 0.3) is 0 Å². The summed E-state index contributed by atoms with van der Waals surface area (Å²) in [7, 11) is 2.97. The van der Waals surface area contributed by atoms with E-state index in [1.54, 1.807) is 19.2 Å². The number of halogens is 2. The number of hydrogen-bond acceptors (Lipinski definition) is 0. The van der Waals surface area contributed by atoms with Crippen molar-refractivity contribution < 1.29 is 44.0 Å². The Hall–Kier alpha value is -0.119. The molecule has 0 aliphatic carbocycles. The van der Waals surface area contributed by atoms with Crippen molar-refractivity contribution in [2.24, 2.45) is 0 Å². The minimum atomic E-state index is 0. The fourth-order valence-electron chi connectivity index (χ4n) is 1.88. The van der Waals surface area contributed by atoms with Gasteiger partial charge in [-0.3, -0.25) is 0 Å². The molecule has 0 unspecified atom stereocenters. The summed E-state index contributed by atoms with van der Waals surface area (Å²) in [6, 6.07) is 7.98. The van der Waals surface area contributed by atoms with E-state index in [1.807, 2.05) is 32.0 Å². The van der Waals surface area contributed by atoms with Crippen LogP contribution >= 0.6 is 0 Å². The maximum atomic E-state index is 7.36. The van der Waals surface area contributed by atoms with Crippen LogP contribution in [0.25, 0.3) is 5.73 Å². The molecule has 120 valence electrons. The van der Waals surface area contributed by atoms with Crippen molar-refractivity contribution in [3.8, 4) is 0 Å². The van der Waals surface area contributed by atoms with Gasteiger partial charge in [0.1, 0.15) is 0 Å². The Morgan fingerprint density at radius 2 is 1.41 bits per heavy atom. The molecule has 1 nitrogen and oxygen atoms in total. The van der Waals surface area contributed by atoms with Crippen LogP contribution in [-0.4, -0.2) is 7.63 Å². The Kier molecular flexibility index (Phi) is 16.2. The van der Waals surface area contributed by atoms with Gasteiger partial charge in [-0.2, -0.15) is 28.3 Å². The molecule has 0 saturated heterocycles. The second kappa shape index (κ2) is 13.3. The van der Waals surface area contributed by atoms with Crippen LogP contribution in [0, 0.1) is 41.5 Å². The molecular weight excluding hydrogens is 365 g/mol. The summed E-state index contributed by atoms with van der Waals surface area (Å²) in [5.41, 5.74) is 16.0. The van der Waals surface area contributed by atoms with Crippen molar-refractivity contribution in [2.75, 3.05) is 0 Å². The van der Waals surface area contributed by atoms with Crippen molar-refractivity contribution in [3.05, 3.63) is 63.4 Å². The first-order chi connectivity index (χ1) is 9.34. The molecule has 0 atom stereocenters. The molecule has 0 heterocycles. The Balaban J connectivity index is -0.000000273. The zero-order valence-electron chi connectivity index (χ0n) is 14.1. The van der Waals surface area contributed by atoms with Crippen LogP contribution in [0.5, 0.6) is 0 Å². The van der Waals surface area contributed by atoms with Crippen molar-refractivity contribution in [3.63, 3.8) is 0 Å². The van der Waals surface area contributed by atoms with E-state index in [0.29, 0.717) is 5.69 Å². The predicted octanol–water partition coefficient (Wildman–Crippen LogP) is -0.749. The average Bonchev–Trinajstić information content (AvgIpc) is 2.66. The zero-order chi connectivity index (χ0) is 15.9. The summed E-state index contributed by atoms with van der Waals surface area (Å²) in [6.07, 6.45) is 0. The van der Waals surface area contributed by atoms with Crippen molar-refractivity contribution >= 4 is 13.3 Å². The number of rotatable bonds is 0. The molecule has 0 aliphatic rings. The molecule has 0 spiro atoms. The van der Waals surface area contributed by atoms with E-state index in [4.69, 9.17) is 5.73 Å². The summed E-state index contributed by atoms with van der Waals surface area (Å²) in [5.74, 6) is 0. The molecule has 0 saturated carbocycles. The van der Waals surface area contributed by atoms with Crippen LogP contribution in [-0.2, 0) is 19.2 Å². The Bertz CT molecular complexity index is 525. The normalized spacial score (nSPS) is 8.36. The monoisotopic (exact) mass is 387 g/mol. The van der Waals surface area contributed by atoms with Gasteiger partial charge in [0.05, 0.1) is 0 Å². The van der Waals surface area contributed by atoms with Crippen molar-refractivity contribution in [2.45, 2.75) is 41.5 Å². The molecule has 5 heteroatoms. The SMILES string of the molecule is Cc1c[c-](C)c(C)c1C.Cc1cccc([NH-])c1C.[Cl-].[Cl-].[Si]=[Ti+2]. The molecule has 0 amide bonds.